The zero-order valence-electron chi connectivity index (χ0n) is 15.5. The molecule has 0 spiro atoms. The van der Waals surface area contributed by atoms with E-state index in [0.29, 0.717) is 5.56 Å². The lowest BCUT2D eigenvalue weighted by atomic mass is 10.1. The minimum Gasteiger partial charge on any atom is -0.328 e. The smallest absolute Gasteiger partial charge is 0.328 e. The maximum absolute atomic E-state index is 13.0. The van der Waals surface area contributed by atoms with Crippen LogP contribution in [0.25, 0.3) is 11.4 Å². The largest absolute Gasteiger partial charge is 0.416 e. The molecule has 4 rings (SSSR count). The highest BCUT2D eigenvalue weighted by Gasteiger charge is 2.30. The second kappa shape index (κ2) is 7.58. The van der Waals surface area contributed by atoms with Crippen LogP contribution in [-0.4, -0.2) is 19.1 Å². The van der Waals surface area contributed by atoms with Crippen molar-refractivity contribution in [1.29, 1.82) is 0 Å². The topological polar surface area (TPSA) is 69.8 Å². The summed E-state index contributed by atoms with van der Waals surface area (Å²) in [5.74, 6) is 0.121. The standard InChI is InChI=1S/C21H15F3N4O2/c22-21(23,24)16-4-1-3-15(11-16)12-27-10-2-5-17-18(27)26-20(30)28(19(17)29)13-14-6-8-25-9-7-14/h1-11H,12-13H2. The van der Waals surface area contributed by atoms with E-state index >= 15 is 0 Å². The van der Waals surface area contributed by atoms with Gasteiger partial charge in [0.1, 0.15) is 0 Å². The Morgan fingerprint density at radius 1 is 0.900 bits per heavy atom. The molecule has 3 heterocycles. The van der Waals surface area contributed by atoms with E-state index in [4.69, 9.17) is 0 Å². The fourth-order valence-corrected chi connectivity index (χ4v) is 3.20. The predicted molar refractivity (Wildman–Crippen MR) is 103 cm³/mol. The van der Waals surface area contributed by atoms with Crippen LogP contribution in [0.4, 0.5) is 13.2 Å². The molecule has 0 radical (unpaired) electrons. The summed E-state index contributed by atoms with van der Waals surface area (Å²) in [5, 5.41) is 0. The van der Waals surface area contributed by atoms with Crippen LogP contribution in [0, 0.1) is 0 Å². The molecule has 152 valence electrons. The number of hydrogen-bond donors (Lipinski definition) is 0. The Kier molecular flexibility index (Phi) is 4.94. The van der Waals surface area contributed by atoms with E-state index in [2.05, 4.69) is 9.97 Å². The summed E-state index contributed by atoms with van der Waals surface area (Å²) in [4.78, 5) is 33.3. The number of nitrogens with zero attached hydrogens (tertiary/aromatic N) is 4. The molecule has 30 heavy (non-hydrogen) atoms. The van der Waals surface area contributed by atoms with Crippen molar-refractivity contribution in [3.63, 3.8) is 0 Å². The van der Waals surface area contributed by atoms with Crippen molar-refractivity contribution in [2.24, 2.45) is 0 Å². The van der Waals surface area contributed by atoms with Crippen LogP contribution in [0.5, 0.6) is 0 Å². The molecule has 0 fully saturated rings. The summed E-state index contributed by atoms with van der Waals surface area (Å²) >= 11 is 0. The number of aromatic nitrogens is 4. The Morgan fingerprint density at radius 3 is 2.40 bits per heavy atom. The molecule has 0 saturated carbocycles. The third kappa shape index (κ3) is 3.86. The maximum atomic E-state index is 13.0. The average molecular weight is 412 g/mol. The number of hydrogen-bond acceptors (Lipinski definition) is 4. The molecule has 2 aliphatic heterocycles. The molecule has 0 saturated heterocycles. The molecule has 0 aliphatic carbocycles. The Morgan fingerprint density at radius 2 is 1.67 bits per heavy atom. The van der Waals surface area contributed by atoms with Crippen molar-refractivity contribution >= 4 is 0 Å². The first kappa shape index (κ1) is 19.6. The molecule has 1 aromatic carbocycles. The van der Waals surface area contributed by atoms with Gasteiger partial charge in [-0.1, -0.05) is 12.1 Å². The highest BCUT2D eigenvalue weighted by molar-refractivity contribution is 5.55. The van der Waals surface area contributed by atoms with Gasteiger partial charge in [-0.25, -0.2) is 4.79 Å². The van der Waals surface area contributed by atoms with E-state index < -0.39 is 23.0 Å². The van der Waals surface area contributed by atoms with Gasteiger partial charge in [0, 0.05) is 25.1 Å². The second-order valence-corrected chi connectivity index (χ2v) is 6.71. The SMILES string of the molecule is O=c1nc2n(Cc3cccc(C(F)(F)F)c3)cccc-2c(=O)n1Cc1ccncc1. The van der Waals surface area contributed by atoms with Gasteiger partial charge >= 0.3 is 11.9 Å². The molecular formula is C21H15F3N4O2. The monoisotopic (exact) mass is 412 g/mol. The van der Waals surface area contributed by atoms with Gasteiger partial charge in [0.2, 0.25) is 0 Å². The van der Waals surface area contributed by atoms with E-state index in [-0.39, 0.29) is 24.5 Å². The Bertz CT molecular complexity index is 1280. The van der Waals surface area contributed by atoms with Gasteiger partial charge in [-0.3, -0.25) is 14.3 Å². The van der Waals surface area contributed by atoms with Crippen molar-refractivity contribution in [1.82, 2.24) is 19.1 Å². The number of alkyl halides is 3. The van der Waals surface area contributed by atoms with Gasteiger partial charge in [-0.15, -0.1) is 0 Å². The van der Waals surface area contributed by atoms with Crippen molar-refractivity contribution in [3.8, 4) is 11.4 Å². The molecule has 2 aliphatic rings. The first-order valence-electron chi connectivity index (χ1n) is 8.98. The number of halogens is 3. The molecule has 0 N–H and O–H groups in total. The number of pyridine rings is 2. The highest BCUT2D eigenvalue weighted by Crippen LogP contribution is 2.29. The molecule has 9 heteroatoms. The predicted octanol–water partition coefficient (Wildman–Crippen LogP) is 3.02. The molecule has 2 aromatic rings. The molecule has 6 nitrogen and oxygen atoms in total. The molecular weight excluding hydrogens is 397 g/mol. The van der Waals surface area contributed by atoms with Crippen LogP contribution in [0.2, 0.25) is 0 Å². The molecule has 1 aromatic heterocycles. The lowest BCUT2D eigenvalue weighted by Gasteiger charge is -2.16. The van der Waals surface area contributed by atoms with Crippen LogP contribution < -0.4 is 11.2 Å². The third-order valence-electron chi connectivity index (χ3n) is 4.65. The fraction of sp³-hybridized carbons (Fsp3) is 0.143. The van der Waals surface area contributed by atoms with Gasteiger partial charge in [0.15, 0.2) is 5.82 Å². The lowest BCUT2D eigenvalue weighted by Crippen LogP contribution is -2.38. The quantitative estimate of drug-likeness (QED) is 0.517. The maximum Gasteiger partial charge on any atom is 0.416 e. The van der Waals surface area contributed by atoms with Crippen molar-refractivity contribution in [2.45, 2.75) is 19.3 Å². The fourth-order valence-electron chi connectivity index (χ4n) is 3.20. The third-order valence-corrected chi connectivity index (χ3v) is 4.65. The van der Waals surface area contributed by atoms with E-state index in [1.165, 1.54) is 16.7 Å². The van der Waals surface area contributed by atoms with E-state index in [1.54, 1.807) is 42.9 Å². The van der Waals surface area contributed by atoms with Crippen molar-refractivity contribution < 1.29 is 13.2 Å². The summed E-state index contributed by atoms with van der Waals surface area (Å²) in [6.45, 7) is 0.0765. The lowest BCUT2D eigenvalue weighted by molar-refractivity contribution is -0.137. The van der Waals surface area contributed by atoms with E-state index in [0.717, 1.165) is 22.3 Å². The molecule has 0 unspecified atom stereocenters. The van der Waals surface area contributed by atoms with E-state index in [9.17, 15) is 22.8 Å². The number of fused-ring (bicyclic) bond motifs is 1. The highest BCUT2D eigenvalue weighted by atomic mass is 19.4. The minimum atomic E-state index is -4.46. The van der Waals surface area contributed by atoms with Crippen LogP contribution in [-0.2, 0) is 19.3 Å². The minimum absolute atomic E-state index is 0.0293. The first-order valence-corrected chi connectivity index (χ1v) is 8.98. The van der Waals surface area contributed by atoms with Crippen LogP contribution in [0.15, 0.2) is 76.7 Å². The Balaban J connectivity index is 1.75. The van der Waals surface area contributed by atoms with Crippen LogP contribution >= 0.6 is 0 Å². The van der Waals surface area contributed by atoms with Crippen molar-refractivity contribution in [2.75, 3.05) is 0 Å². The zero-order chi connectivity index (χ0) is 21.3. The summed E-state index contributed by atoms with van der Waals surface area (Å²) in [5.41, 5.74) is -0.708. The van der Waals surface area contributed by atoms with Gasteiger partial charge in [-0.05, 0) is 47.5 Å². The number of rotatable bonds is 4. The normalized spacial score (nSPS) is 11.7. The summed E-state index contributed by atoms with van der Waals surface area (Å²) < 4.78 is 41.5. The summed E-state index contributed by atoms with van der Waals surface area (Å²) in [6.07, 6.45) is 0.229. The summed E-state index contributed by atoms with van der Waals surface area (Å²) in [7, 11) is 0. The Hall–Kier alpha value is -3.75. The second-order valence-electron chi connectivity index (χ2n) is 6.71. The molecule has 0 atom stereocenters. The zero-order valence-corrected chi connectivity index (χ0v) is 15.5. The van der Waals surface area contributed by atoms with Crippen molar-refractivity contribution in [3.05, 3.63) is 105 Å². The van der Waals surface area contributed by atoms with Gasteiger partial charge < -0.3 is 4.57 Å². The van der Waals surface area contributed by atoms with Crippen LogP contribution in [0.1, 0.15) is 16.7 Å². The van der Waals surface area contributed by atoms with Crippen LogP contribution in [0.3, 0.4) is 0 Å². The molecule has 0 bridgehead atoms. The Labute approximate surface area is 168 Å². The first-order chi connectivity index (χ1) is 14.3. The number of benzene rings is 1. The summed E-state index contributed by atoms with van der Waals surface area (Å²) in [6, 6.07) is 11.4. The van der Waals surface area contributed by atoms with Gasteiger partial charge in [-0.2, -0.15) is 18.2 Å². The van der Waals surface area contributed by atoms with Gasteiger partial charge in [0.25, 0.3) is 5.56 Å². The average Bonchev–Trinajstić information content (AvgIpc) is 2.72. The van der Waals surface area contributed by atoms with Gasteiger partial charge in [0.05, 0.1) is 17.7 Å². The van der Waals surface area contributed by atoms with E-state index in [1.807, 2.05) is 0 Å². The molecule has 0 amide bonds.